The molecule has 5 heteroatoms. The highest BCUT2D eigenvalue weighted by atomic mass is 16.5. The van der Waals surface area contributed by atoms with E-state index in [2.05, 4.69) is 20.8 Å². The van der Waals surface area contributed by atoms with Crippen molar-refractivity contribution in [3.63, 3.8) is 0 Å². The van der Waals surface area contributed by atoms with E-state index in [1.165, 1.54) is 12.8 Å². The molecule has 0 aromatic carbocycles. The predicted octanol–water partition coefficient (Wildman–Crippen LogP) is 1.08. The van der Waals surface area contributed by atoms with Crippen LogP contribution in [0.2, 0.25) is 0 Å². The number of nitrogens with zero attached hydrogens (tertiary/aromatic N) is 2. The molecule has 2 saturated heterocycles. The maximum Gasteiger partial charge on any atom is 0.226 e. The Hall–Kier alpha value is -0.940. The number of piperidine rings is 2. The van der Waals surface area contributed by atoms with Crippen molar-refractivity contribution in [2.24, 2.45) is 5.92 Å². The Morgan fingerprint density at radius 2 is 1.67 bits per heavy atom. The second-order valence-electron chi connectivity index (χ2n) is 5.47. The summed E-state index contributed by atoms with van der Waals surface area (Å²) in [5.74, 6) is 2.99. The highest BCUT2D eigenvalue weighted by Gasteiger charge is 2.22. The fourth-order valence-corrected chi connectivity index (χ4v) is 2.93. The van der Waals surface area contributed by atoms with Crippen molar-refractivity contribution < 1.29 is 4.52 Å². The summed E-state index contributed by atoms with van der Waals surface area (Å²) >= 11 is 0. The monoisotopic (exact) mass is 250 g/mol. The maximum atomic E-state index is 5.42. The first-order valence-corrected chi connectivity index (χ1v) is 7.16. The van der Waals surface area contributed by atoms with Crippen LogP contribution in [0.25, 0.3) is 0 Å². The van der Waals surface area contributed by atoms with E-state index in [1.54, 1.807) is 0 Å². The number of hydrogen-bond donors (Lipinski definition) is 2. The Labute approximate surface area is 108 Å². The summed E-state index contributed by atoms with van der Waals surface area (Å²) in [4.78, 5) is 4.60. The van der Waals surface area contributed by atoms with Crippen LogP contribution in [0, 0.1) is 5.92 Å². The van der Waals surface area contributed by atoms with Crippen LogP contribution in [0.3, 0.4) is 0 Å². The number of aromatic nitrogens is 2. The van der Waals surface area contributed by atoms with E-state index in [1.807, 2.05) is 0 Å². The van der Waals surface area contributed by atoms with Crippen LogP contribution in [-0.2, 0) is 6.42 Å². The molecule has 0 unspecified atom stereocenters. The van der Waals surface area contributed by atoms with Crippen molar-refractivity contribution >= 4 is 0 Å². The van der Waals surface area contributed by atoms with Crippen LogP contribution >= 0.6 is 0 Å². The molecular formula is C13H22N4O. The molecule has 0 saturated carbocycles. The lowest BCUT2D eigenvalue weighted by Gasteiger charge is -2.20. The second-order valence-corrected chi connectivity index (χ2v) is 5.47. The molecule has 0 aliphatic carbocycles. The van der Waals surface area contributed by atoms with Gasteiger partial charge < -0.3 is 15.2 Å². The summed E-state index contributed by atoms with van der Waals surface area (Å²) in [7, 11) is 0. The maximum absolute atomic E-state index is 5.42. The third-order valence-electron chi connectivity index (χ3n) is 4.11. The zero-order valence-corrected chi connectivity index (χ0v) is 10.8. The molecule has 0 bridgehead atoms. The van der Waals surface area contributed by atoms with E-state index in [9.17, 15) is 0 Å². The average Bonchev–Trinajstić information content (AvgIpc) is 2.89. The largest absolute Gasteiger partial charge is 0.339 e. The summed E-state index contributed by atoms with van der Waals surface area (Å²) in [5.41, 5.74) is 0. The topological polar surface area (TPSA) is 63.0 Å². The minimum absolute atomic E-state index is 0.497. The van der Waals surface area contributed by atoms with E-state index in [4.69, 9.17) is 4.52 Å². The van der Waals surface area contributed by atoms with Crippen molar-refractivity contribution in [1.29, 1.82) is 0 Å². The fraction of sp³-hybridized carbons (Fsp3) is 0.846. The minimum Gasteiger partial charge on any atom is -0.339 e. The zero-order chi connectivity index (χ0) is 12.2. The number of rotatable bonds is 3. The minimum atomic E-state index is 0.497. The van der Waals surface area contributed by atoms with Gasteiger partial charge in [-0.1, -0.05) is 5.16 Å². The quantitative estimate of drug-likeness (QED) is 0.840. The van der Waals surface area contributed by atoms with Crippen LogP contribution in [0.5, 0.6) is 0 Å². The third kappa shape index (κ3) is 2.90. The molecule has 3 rings (SSSR count). The highest BCUT2D eigenvalue weighted by Crippen LogP contribution is 2.24. The smallest absolute Gasteiger partial charge is 0.226 e. The molecule has 2 N–H and O–H groups in total. The third-order valence-corrected chi connectivity index (χ3v) is 4.11. The van der Waals surface area contributed by atoms with Crippen molar-refractivity contribution in [3.8, 4) is 0 Å². The van der Waals surface area contributed by atoms with Gasteiger partial charge >= 0.3 is 0 Å². The summed E-state index contributed by atoms with van der Waals surface area (Å²) in [6.45, 7) is 4.39. The molecule has 2 aliphatic heterocycles. The Balaban J connectivity index is 1.58. The van der Waals surface area contributed by atoms with Gasteiger partial charge in [0.15, 0.2) is 5.82 Å². The molecule has 3 heterocycles. The summed E-state index contributed by atoms with van der Waals surface area (Å²) in [5, 5.41) is 10.9. The van der Waals surface area contributed by atoms with E-state index in [0.717, 1.165) is 57.2 Å². The fourth-order valence-electron chi connectivity index (χ4n) is 2.93. The normalized spacial score (nSPS) is 23.3. The van der Waals surface area contributed by atoms with Gasteiger partial charge in [-0.15, -0.1) is 0 Å². The zero-order valence-electron chi connectivity index (χ0n) is 10.8. The molecule has 18 heavy (non-hydrogen) atoms. The van der Waals surface area contributed by atoms with Gasteiger partial charge in [0.2, 0.25) is 5.89 Å². The molecule has 0 radical (unpaired) electrons. The molecule has 1 aromatic heterocycles. The van der Waals surface area contributed by atoms with E-state index < -0.39 is 0 Å². The molecule has 5 nitrogen and oxygen atoms in total. The van der Waals surface area contributed by atoms with Gasteiger partial charge in [-0.25, -0.2) is 0 Å². The van der Waals surface area contributed by atoms with Crippen LogP contribution in [0.15, 0.2) is 4.52 Å². The van der Waals surface area contributed by atoms with Crippen LogP contribution in [-0.4, -0.2) is 36.3 Å². The molecular weight excluding hydrogens is 228 g/mol. The van der Waals surface area contributed by atoms with E-state index in [0.29, 0.717) is 11.8 Å². The van der Waals surface area contributed by atoms with Crippen LogP contribution in [0.1, 0.15) is 43.3 Å². The number of nitrogens with one attached hydrogen (secondary N) is 2. The van der Waals surface area contributed by atoms with Gasteiger partial charge in [-0.3, -0.25) is 0 Å². The standard InChI is InChI=1S/C13H22N4O/c1-5-14-6-2-10(1)9-12-16-13(17-18-12)11-3-7-15-8-4-11/h10-11,14-15H,1-9H2. The lowest BCUT2D eigenvalue weighted by Crippen LogP contribution is -2.28. The molecule has 0 amide bonds. The molecule has 2 fully saturated rings. The van der Waals surface area contributed by atoms with Crippen LogP contribution in [0.4, 0.5) is 0 Å². The Kier molecular flexibility index (Phi) is 3.90. The van der Waals surface area contributed by atoms with Gasteiger partial charge in [0, 0.05) is 12.3 Å². The van der Waals surface area contributed by atoms with Gasteiger partial charge in [-0.05, 0) is 57.8 Å². The van der Waals surface area contributed by atoms with Gasteiger partial charge in [0.1, 0.15) is 0 Å². The first-order valence-electron chi connectivity index (χ1n) is 7.16. The van der Waals surface area contributed by atoms with Crippen molar-refractivity contribution in [2.45, 2.75) is 38.0 Å². The Morgan fingerprint density at radius 1 is 1.00 bits per heavy atom. The first kappa shape index (κ1) is 12.1. The van der Waals surface area contributed by atoms with Gasteiger partial charge in [0.05, 0.1) is 0 Å². The second kappa shape index (κ2) is 5.80. The lowest BCUT2D eigenvalue weighted by molar-refractivity contribution is 0.310. The molecule has 0 spiro atoms. The average molecular weight is 250 g/mol. The van der Waals surface area contributed by atoms with Crippen molar-refractivity contribution in [2.75, 3.05) is 26.2 Å². The highest BCUT2D eigenvalue weighted by molar-refractivity contribution is 4.98. The summed E-state index contributed by atoms with van der Waals surface area (Å²) in [6, 6.07) is 0. The van der Waals surface area contributed by atoms with E-state index in [-0.39, 0.29) is 0 Å². The first-order chi connectivity index (χ1) is 8.92. The van der Waals surface area contributed by atoms with Gasteiger partial charge in [0.25, 0.3) is 0 Å². The predicted molar refractivity (Wildman–Crippen MR) is 68.4 cm³/mol. The SMILES string of the molecule is C1CC(Cc2nc(C3CCNCC3)no2)CCN1. The summed E-state index contributed by atoms with van der Waals surface area (Å²) < 4.78 is 5.42. The van der Waals surface area contributed by atoms with E-state index >= 15 is 0 Å². The Bertz CT molecular complexity index is 367. The molecule has 100 valence electrons. The van der Waals surface area contributed by atoms with Gasteiger partial charge in [-0.2, -0.15) is 4.98 Å². The Morgan fingerprint density at radius 3 is 2.39 bits per heavy atom. The molecule has 0 atom stereocenters. The molecule has 2 aliphatic rings. The van der Waals surface area contributed by atoms with Crippen molar-refractivity contribution in [3.05, 3.63) is 11.7 Å². The summed E-state index contributed by atoms with van der Waals surface area (Å²) in [6.07, 6.45) is 5.68. The lowest BCUT2D eigenvalue weighted by atomic mass is 9.94. The molecule has 1 aromatic rings. The number of hydrogen-bond acceptors (Lipinski definition) is 5. The van der Waals surface area contributed by atoms with Crippen LogP contribution < -0.4 is 10.6 Å². The van der Waals surface area contributed by atoms with Crippen molar-refractivity contribution in [1.82, 2.24) is 20.8 Å².